The molecule has 1 aromatic carbocycles. The van der Waals surface area contributed by atoms with Gasteiger partial charge in [0.2, 0.25) is 0 Å². The third-order valence-corrected chi connectivity index (χ3v) is 2.37. The number of carboxylic acids is 1. The molecule has 0 heterocycles. The van der Waals surface area contributed by atoms with Crippen molar-refractivity contribution in [2.75, 3.05) is 26.1 Å². The summed E-state index contributed by atoms with van der Waals surface area (Å²) in [7, 11) is 3.16. The first-order valence-electron chi connectivity index (χ1n) is 5.26. The highest BCUT2D eigenvalue weighted by Crippen LogP contribution is 2.32. The van der Waals surface area contributed by atoms with Crippen LogP contribution in [0.3, 0.4) is 0 Å². The van der Waals surface area contributed by atoms with Gasteiger partial charge in [-0.2, -0.15) is 0 Å². The molecule has 0 amide bonds. The summed E-state index contributed by atoms with van der Waals surface area (Å²) in [4.78, 5) is 10.4. The first-order chi connectivity index (χ1) is 8.08. The van der Waals surface area contributed by atoms with Gasteiger partial charge in [0, 0.05) is 12.6 Å². The van der Waals surface area contributed by atoms with Gasteiger partial charge >= 0.3 is 5.97 Å². The maximum absolute atomic E-state index is 10.4. The summed E-state index contributed by atoms with van der Waals surface area (Å²) in [6.07, 6.45) is 0.0641. The van der Waals surface area contributed by atoms with Crippen LogP contribution in [0.2, 0.25) is 0 Å². The van der Waals surface area contributed by atoms with Crippen LogP contribution in [0, 0.1) is 6.92 Å². The molecule has 0 spiro atoms. The molecule has 5 nitrogen and oxygen atoms in total. The fourth-order valence-corrected chi connectivity index (χ4v) is 1.52. The molecule has 0 saturated carbocycles. The summed E-state index contributed by atoms with van der Waals surface area (Å²) in [5.74, 6) is 0.526. The van der Waals surface area contributed by atoms with Crippen LogP contribution >= 0.6 is 0 Å². The highest BCUT2D eigenvalue weighted by Gasteiger charge is 2.09. The Bertz CT molecular complexity index is 404. The second-order valence-corrected chi connectivity index (χ2v) is 3.59. The van der Waals surface area contributed by atoms with Crippen molar-refractivity contribution >= 4 is 11.7 Å². The molecule has 0 aliphatic rings. The Balaban J connectivity index is 2.86. The zero-order valence-electron chi connectivity index (χ0n) is 10.2. The van der Waals surface area contributed by atoms with Gasteiger partial charge in [0.1, 0.15) is 11.5 Å². The van der Waals surface area contributed by atoms with Crippen LogP contribution in [0.4, 0.5) is 5.69 Å². The smallest absolute Gasteiger partial charge is 0.305 e. The highest BCUT2D eigenvalue weighted by atomic mass is 16.5. The van der Waals surface area contributed by atoms with Gasteiger partial charge in [-0.15, -0.1) is 0 Å². The van der Waals surface area contributed by atoms with E-state index in [1.54, 1.807) is 20.3 Å². The number of carboxylic acid groups (broad SMARTS) is 1. The van der Waals surface area contributed by atoms with E-state index in [2.05, 4.69) is 5.32 Å². The van der Waals surface area contributed by atoms with Gasteiger partial charge in [0.25, 0.3) is 0 Å². The molecule has 5 heteroatoms. The van der Waals surface area contributed by atoms with E-state index in [-0.39, 0.29) is 6.42 Å². The van der Waals surface area contributed by atoms with Crippen LogP contribution in [0.5, 0.6) is 11.5 Å². The van der Waals surface area contributed by atoms with Gasteiger partial charge in [-0.3, -0.25) is 4.79 Å². The Labute approximate surface area is 100 Å². The lowest BCUT2D eigenvalue weighted by Crippen LogP contribution is -2.09. The maximum atomic E-state index is 10.4. The molecule has 2 N–H and O–H groups in total. The van der Waals surface area contributed by atoms with E-state index in [9.17, 15) is 4.79 Å². The minimum Gasteiger partial charge on any atom is -0.497 e. The molecule has 0 atom stereocenters. The monoisotopic (exact) mass is 239 g/mol. The van der Waals surface area contributed by atoms with Gasteiger partial charge < -0.3 is 19.9 Å². The Morgan fingerprint density at radius 3 is 2.59 bits per heavy atom. The zero-order chi connectivity index (χ0) is 12.8. The van der Waals surface area contributed by atoms with Gasteiger partial charge in [0.15, 0.2) is 0 Å². The molecule has 17 heavy (non-hydrogen) atoms. The Morgan fingerprint density at radius 2 is 2.06 bits per heavy atom. The summed E-state index contributed by atoms with van der Waals surface area (Å²) in [6, 6.07) is 3.63. The summed E-state index contributed by atoms with van der Waals surface area (Å²) >= 11 is 0. The van der Waals surface area contributed by atoms with Crippen molar-refractivity contribution in [2.45, 2.75) is 13.3 Å². The quantitative estimate of drug-likeness (QED) is 0.793. The normalized spacial score (nSPS) is 9.82. The molecule has 0 radical (unpaired) electrons. The molecule has 0 bridgehead atoms. The predicted octanol–water partition coefficient (Wildman–Crippen LogP) is 1.90. The van der Waals surface area contributed by atoms with Crippen molar-refractivity contribution in [2.24, 2.45) is 0 Å². The largest absolute Gasteiger partial charge is 0.497 e. The fourth-order valence-electron chi connectivity index (χ4n) is 1.52. The summed E-state index contributed by atoms with van der Waals surface area (Å²) in [6.45, 7) is 2.27. The third kappa shape index (κ3) is 3.55. The molecule has 1 rings (SSSR count). The van der Waals surface area contributed by atoms with Gasteiger partial charge in [-0.25, -0.2) is 0 Å². The molecule has 0 aliphatic heterocycles. The maximum Gasteiger partial charge on any atom is 0.305 e. The van der Waals surface area contributed by atoms with Crippen LogP contribution in [0.1, 0.15) is 12.0 Å². The number of nitrogens with one attached hydrogen (secondary N) is 1. The fraction of sp³-hybridized carbons (Fsp3) is 0.417. The average Bonchev–Trinajstić information content (AvgIpc) is 2.30. The predicted molar refractivity (Wildman–Crippen MR) is 65.0 cm³/mol. The Morgan fingerprint density at radius 1 is 1.35 bits per heavy atom. The summed E-state index contributed by atoms with van der Waals surface area (Å²) in [5, 5.41) is 11.6. The molecular weight excluding hydrogens is 222 g/mol. The van der Waals surface area contributed by atoms with Crippen molar-refractivity contribution < 1.29 is 19.4 Å². The number of aryl methyl sites for hydroxylation is 1. The summed E-state index contributed by atoms with van der Waals surface area (Å²) in [5.41, 5.74) is 1.75. The molecule has 0 unspecified atom stereocenters. The van der Waals surface area contributed by atoms with Crippen LogP contribution in [0.25, 0.3) is 0 Å². The number of hydrogen-bond acceptors (Lipinski definition) is 4. The van der Waals surface area contributed by atoms with Gasteiger partial charge in [-0.05, 0) is 18.6 Å². The minimum absolute atomic E-state index is 0.0641. The first-order valence-corrected chi connectivity index (χ1v) is 5.26. The highest BCUT2D eigenvalue weighted by molar-refractivity contribution is 5.69. The molecule has 0 aromatic heterocycles. The zero-order valence-corrected chi connectivity index (χ0v) is 10.2. The van der Waals surface area contributed by atoms with Crippen molar-refractivity contribution in [3.63, 3.8) is 0 Å². The molecule has 0 fully saturated rings. The van der Waals surface area contributed by atoms with Crippen LogP contribution in [-0.4, -0.2) is 31.8 Å². The van der Waals surface area contributed by atoms with E-state index < -0.39 is 5.97 Å². The van der Waals surface area contributed by atoms with Gasteiger partial charge in [0.05, 0.1) is 26.3 Å². The van der Waals surface area contributed by atoms with E-state index >= 15 is 0 Å². The van der Waals surface area contributed by atoms with Gasteiger partial charge in [-0.1, -0.05) is 0 Å². The van der Waals surface area contributed by atoms with Crippen molar-refractivity contribution in [1.82, 2.24) is 0 Å². The number of hydrogen-bond donors (Lipinski definition) is 2. The lowest BCUT2D eigenvalue weighted by Gasteiger charge is -2.14. The number of ether oxygens (including phenoxy) is 2. The molecular formula is C12H17NO4. The Kier molecular flexibility index (Phi) is 4.63. The van der Waals surface area contributed by atoms with Crippen LogP contribution in [0.15, 0.2) is 12.1 Å². The van der Waals surface area contributed by atoms with Crippen LogP contribution in [-0.2, 0) is 4.79 Å². The average molecular weight is 239 g/mol. The van der Waals surface area contributed by atoms with E-state index in [1.807, 2.05) is 13.0 Å². The van der Waals surface area contributed by atoms with E-state index in [4.69, 9.17) is 14.6 Å². The lowest BCUT2D eigenvalue weighted by molar-refractivity contribution is -0.136. The number of carbonyl (C=O) groups is 1. The lowest BCUT2D eigenvalue weighted by atomic mass is 10.1. The molecule has 0 aliphatic carbocycles. The van der Waals surface area contributed by atoms with Crippen LogP contribution < -0.4 is 14.8 Å². The number of aliphatic carboxylic acids is 1. The minimum atomic E-state index is -0.831. The molecule has 0 saturated heterocycles. The van der Waals surface area contributed by atoms with Crippen molar-refractivity contribution in [3.8, 4) is 11.5 Å². The number of anilines is 1. The standard InChI is InChI=1S/C12H17NO4/c1-8-6-9(16-2)7-10(17-3)12(8)13-5-4-11(14)15/h6-7,13H,4-5H2,1-3H3,(H,14,15). The van der Waals surface area contributed by atoms with E-state index in [1.165, 1.54) is 0 Å². The first kappa shape index (κ1) is 13.2. The molecule has 1 aromatic rings. The second-order valence-electron chi connectivity index (χ2n) is 3.59. The van der Waals surface area contributed by atoms with E-state index in [0.717, 1.165) is 11.3 Å². The number of rotatable bonds is 6. The number of methoxy groups -OCH3 is 2. The molecule has 94 valence electrons. The Hall–Kier alpha value is -1.91. The number of benzene rings is 1. The van der Waals surface area contributed by atoms with E-state index in [0.29, 0.717) is 18.0 Å². The summed E-state index contributed by atoms with van der Waals surface area (Å²) < 4.78 is 10.4. The van der Waals surface area contributed by atoms with Crippen molar-refractivity contribution in [1.29, 1.82) is 0 Å². The van der Waals surface area contributed by atoms with Crippen molar-refractivity contribution in [3.05, 3.63) is 17.7 Å². The second kappa shape index (κ2) is 5.98. The topological polar surface area (TPSA) is 67.8 Å². The SMILES string of the molecule is COc1cc(C)c(NCCC(=O)O)c(OC)c1. The third-order valence-electron chi connectivity index (χ3n) is 2.37.